The molecule has 0 bridgehead atoms. The van der Waals surface area contributed by atoms with Gasteiger partial charge in [-0.15, -0.1) is 0 Å². The Bertz CT molecular complexity index is 630. The zero-order valence-corrected chi connectivity index (χ0v) is 15.3. The predicted molar refractivity (Wildman–Crippen MR) is 98.8 cm³/mol. The van der Waals surface area contributed by atoms with E-state index in [1.54, 1.807) is 0 Å². The van der Waals surface area contributed by atoms with Crippen molar-refractivity contribution in [3.05, 3.63) is 35.4 Å². The average Bonchev–Trinajstić information content (AvgIpc) is 2.67. The van der Waals surface area contributed by atoms with Crippen LogP contribution in [0.15, 0.2) is 24.3 Å². The molecule has 3 unspecified atom stereocenters. The molecule has 0 spiro atoms. The highest BCUT2D eigenvalue weighted by molar-refractivity contribution is 5.80. The fourth-order valence-corrected chi connectivity index (χ4v) is 4.19. The molecule has 5 nitrogen and oxygen atoms in total. The van der Waals surface area contributed by atoms with Crippen molar-refractivity contribution in [3.63, 3.8) is 0 Å². The van der Waals surface area contributed by atoms with Crippen molar-refractivity contribution in [2.24, 2.45) is 11.8 Å². The number of benzene rings is 1. The van der Waals surface area contributed by atoms with Crippen LogP contribution in [0.5, 0.6) is 0 Å². The van der Waals surface area contributed by atoms with E-state index in [-0.39, 0.29) is 23.8 Å². The van der Waals surface area contributed by atoms with Crippen molar-refractivity contribution < 1.29 is 19.4 Å². The molecule has 0 heterocycles. The van der Waals surface area contributed by atoms with Crippen molar-refractivity contribution in [2.75, 3.05) is 13.2 Å². The number of fused-ring (bicyclic) bond motifs is 1. The number of carboxylic acids is 1. The Labute approximate surface area is 155 Å². The topological polar surface area (TPSA) is 75.6 Å². The molecule has 1 aromatic carbocycles. The summed E-state index contributed by atoms with van der Waals surface area (Å²) in [5.74, 6) is -1.30. The summed E-state index contributed by atoms with van der Waals surface area (Å²) in [5, 5.41) is 12.1. The van der Waals surface area contributed by atoms with Crippen LogP contribution in [0.1, 0.15) is 62.2 Å². The summed E-state index contributed by atoms with van der Waals surface area (Å²) >= 11 is 0. The van der Waals surface area contributed by atoms with E-state index >= 15 is 0 Å². The van der Waals surface area contributed by atoms with Gasteiger partial charge in [0.05, 0.1) is 12.0 Å². The standard InChI is InChI=1S/C21H29NO4/c23-20(16-8-3-9-17(14-16)21(24)25)22-12-5-13-26-19-11-4-7-15-6-1-2-10-18(15)19/h1-2,6,10,16-17,19H,3-5,7-9,11-14H2,(H,22,23)(H,24,25). The molecular weight excluding hydrogens is 330 g/mol. The monoisotopic (exact) mass is 359 g/mol. The Morgan fingerprint density at radius 3 is 2.77 bits per heavy atom. The first-order valence-corrected chi connectivity index (χ1v) is 9.85. The fraction of sp³-hybridized carbons (Fsp3) is 0.619. The quantitative estimate of drug-likeness (QED) is 0.731. The number of carboxylic acid groups (broad SMARTS) is 1. The average molecular weight is 359 g/mol. The van der Waals surface area contributed by atoms with E-state index in [2.05, 4.69) is 29.6 Å². The van der Waals surface area contributed by atoms with E-state index in [0.29, 0.717) is 26.0 Å². The zero-order chi connectivity index (χ0) is 18.4. The first-order chi connectivity index (χ1) is 12.6. The lowest BCUT2D eigenvalue weighted by molar-refractivity contribution is -0.144. The third kappa shape index (κ3) is 4.85. The molecule has 2 aliphatic rings. The highest BCUT2D eigenvalue weighted by atomic mass is 16.5. The van der Waals surface area contributed by atoms with Crippen LogP contribution in [0.25, 0.3) is 0 Å². The summed E-state index contributed by atoms with van der Waals surface area (Å²) < 4.78 is 6.06. The van der Waals surface area contributed by atoms with Crippen LogP contribution in [0.4, 0.5) is 0 Å². The number of carbonyl (C=O) groups excluding carboxylic acids is 1. The maximum Gasteiger partial charge on any atom is 0.306 e. The number of rotatable bonds is 7. The minimum atomic E-state index is -0.774. The molecule has 1 amide bonds. The van der Waals surface area contributed by atoms with Crippen LogP contribution in [-0.4, -0.2) is 30.1 Å². The van der Waals surface area contributed by atoms with Crippen molar-refractivity contribution in [1.82, 2.24) is 5.32 Å². The van der Waals surface area contributed by atoms with Gasteiger partial charge in [-0.25, -0.2) is 0 Å². The normalized spacial score (nSPS) is 25.3. The summed E-state index contributed by atoms with van der Waals surface area (Å²) in [5.41, 5.74) is 2.70. The van der Waals surface area contributed by atoms with E-state index in [0.717, 1.165) is 38.5 Å². The molecule has 0 aromatic heterocycles. The molecule has 1 aromatic rings. The molecule has 1 fully saturated rings. The molecule has 0 saturated heterocycles. The highest BCUT2D eigenvalue weighted by Crippen LogP contribution is 2.32. The fourth-order valence-electron chi connectivity index (χ4n) is 4.19. The summed E-state index contributed by atoms with van der Waals surface area (Å²) in [7, 11) is 0. The number of hydrogen-bond acceptors (Lipinski definition) is 3. The second-order valence-electron chi connectivity index (χ2n) is 7.49. The van der Waals surface area contributed by atoms with Crippen molar-refractivity contribution >= 4 is 11.9 Å². The Hall–Kier alpha value is -1.88. The third-order valence-electron chi connectivity index (χ3n) is 5.65. The Morgan fingerprint density at radius 2 is 1.92 bits per heavy atom. The number of hydrogen-bond donors (Lipinski definition) is 2. The maximum atomic E-state index is 12.2. The molecule has 2 N–H and O–H groups in total. The number of aliphatic carboxylic acids is 1. The van der Waals surface area contributed by atoms with Gasteiger partial charge in [0.1, 0.15) is 0 Å². The van der Waals surface area contributed by atoms with Gasteiger partial charge in [0.2, 0.25) is 5.91 Å². The number of carbonyl (C=O) groups is 2. The molecule has 3 atom stereocenters. The van der Waals surface area contributed by atoms with Crippen molar-refractivity contribution in [3.8, 4) is 0 Å². The van der Waals surface area contributed by atoms with Gasteiger partial charge in [-0.3, -0.25) is 9.59 Å². The molecule has 142 valence electrons. The van der Waals surface area contributed by atoms with E-state index < -0.39 is 5.97 Å². The largest absolute Gasteiger partial charge is 0.481 e. The lowest BCUT2D eigenvalue weighted by Crippen LogP contribution is -2.36. The van der Waals surface area contributed by atoms with Crippen LogP contribution in [0, 0.1) is 11.8 Å². The van der Waals surface area contributed by atoms with E-state index in [1.165, 1.54) is 11.1 Å². The number of ether oxygens (including phenoxy) is 1. The van der Waals surface area contributed by atoms with Gasteiger partial charge < -0.3 is 15.2 Å². The van der Waals surface area contributed by atoms with Crippen LogP contribution in [0.2, 0.25) is 0 Å². The van der Waals surface area contributed by atoms with Gasteiger partial charge in [0.15, 0.2) is 0 Å². The third-order valence-corrected chi connectivity index (χ3v) is 5.65. The first kappa shape index (κ1) is 18.9. The van der Waals surface area contributed by atoms with Gasteiger partial charge in [-0.1, -0.05) is 30.7 Å². The van der Waals surface area contributed by atoms with Gasteiger partial charge in [-0.2, -0.15) is 0 Å². The second kappa shape index (κ2) is 9.17. The molecule has 5 heteroatoms. The van der Waals surface area contributed by atoms with Crippen LogP contribution in [0.3, 0.4) is 0 Å². The van der Waals surface area contributed by atoms with Crippen LogP contribution in [-0.2, 0) is 20.7 Å². The molecule has 3 rings (SSSR count). The molecule has 2 aliphatic carbocycles. The van der Waals surface area contributed by atoms with Gasteiger partial charge in [0.25, 0.3) is 0 Å². The van der Waals surface area contributed by atoms with Gasteiger partial charge >= 0.3 is 5.97 Å². The molecular formula is C21H29NO4. The number of amides is 1. The van der Waals surface area contributed by atoms with Crippen molar-refractivity contribution in [2.45, 2.75) is 57.5 Å². The molecule has 1 saturated carbocycles. The number of nitrogens with one attached hydrogen (secondary N) is 1. The van der Waals surface area contributed by atoms with Crippen LogP contribution < -0.4 is 5.32 Å². The highest BCUT2D eigenvalue weighted by Gasteiger charge is 2.30. The number of aryl methyl sites for hydroxylation is 1. The smallest absolute Gasteiger partial charge is 0.306 e. The minimum Gasteiger partial charge on any atom is -0.481 e. The van der Waals surface area contributed by atoms with Gasteiger partial charge in [-0.05, 0) is 56.1 Å². The molecule has 0 aliphatic heterocycles. The Balaban J connectivity index is 1.36. The van der Waals surface area contributed by atoms with Crippen LogP contribution >= 0.6 is 0 Å². The Morgan fingerprint density at radius 1 is 1.12 bits per heavy atom. The van der Waals surface area contributed by atoms with E-state index in [9.17, 15) is 9.59 Å². The lowest BCUT2D eigenvalue weighted by Gasteiger charge is -2.26. The van der Waals surface area contributed by atoms with E-state index in [4.69, 9.17) is 9.84 Å². The second-order valence-corrected chi connectivity index (χ2v) is 7.49. The lowest BCUT2D eigenvalue weighted by atomic mass is 9.81. The summed E-state index contributed by atoms with van der Waals surface area (Å²) in [6, 6.07) is 8.48. The first-order valence-electron chi connectivity index (χ1n) is 9.85. The molecule has 0 radical (unpaired) electrons. The zero-order valence-electron chi connectivity index (χ0n) is 15.3. The summed E-state index contributed by atoms with van der Waals surface area (Å²) in [6.07, 6.45) is 7.07. The SMILES string of the molecule is O=C(O)C1CCCC(C(=O)NCCCOC2CCCc3ccccc32)C1. The van der Waals surface area contributed by atoms with Crippen molar-refractivity contribution in [1.29, 1.82) is 0 Å². The molecule has 26 heavy (non-hydrogen) atoms. The van der Waals surface area contributed by atoms with Gasteiger partial charge in [0, 0.05) is 19.1 Å². The maximum absolute atomic E-state index is 12.2. The van der Waals surface area contributed by atoms with E-state index in [1.807, 2.05) is 0 Å². The predicted octanol–water partition coefficient (Wildman–Crippen LogP) is 3.48. The summed E-state index contributed by atoms with van der Waals surface area (Å²) in [4.78, 5) is 23.4. The minimum absolute atomic E-state index is 0.000961. The Kier molecular flexibility index (Phi) is 6.67. The summed E-state index contributed by atoms with van der Waals surface area (Å²) in [6.45, 7) is 1.21.